The number of hydrogen-bond donors (Lipinski definition) is 1. The van der Waals surface area contributed by atoms with Crippen LogP contribution in [0.2, 0.25) is 0 Å². The van der Waals surface area contributed by atoms with Gasteiger partial charge in [0.1, 0.15) is 5.60 Å². The molecule has 0 spiro atoms. The van der Waals surface area contributed by atoms with Crippen LogP contribution in [0.3, 0.4) is 0 Å². The Morgan fingerprint density at radius 1 is 1.08 bits per heavy atom. The van der Waals surface area contributed by atoms with E-state index in [-0.39, 0.29) is 6.09 Å². The molecule has 0 saturated heterocycles. The summed E-state index contributed by atoms with van der Waals surface area (Å²) in [4.78, 5) is 13.6. The number of rotatable bonds is 7. The molecule has 4 saturated carbocycles. The van der Waals surface area contributed by atoms with Gasteiger partial charge in [0.2, 0.25) is 0 Å². The highest BCUT2D eigenvalue weighted by Crippen LogP contribution is 2.61. The molecular formula is C21H38N2O2. The van der Waals surface area contributed by atoms with Crippen molar-refractivity contribution in [2.75, 3.05) is 26.7 Å². The van der Waals surface area contributed by atoms with E-state index in [2.05, 4.69) is 5.32 Å². The van der Waals surface area contributed by atoms with Crippen LogP contribution in [0.25, 0.3) is 0 Å². The maximum Gasteiger partial charge on any atom is 0.410 e. The molecule has 0 heterocycles. The Balaban J connectivity index is 1.29. The van der Waals surface area contributed by atoms with E-state index < -0.39 is 5.60 Å². The van der Waals surface area contributed by atoms with Gasteiger partial charge in [-0.3, -0.25) is 0 Å². The second-order valence-corrected chi connectivity index (χ2v) is 10.2. The van der Waals surface area contributed by atoms with E-state index in [0.29, 0.717) is 5.41 Å². The zero-order chi connectivity index (χ0) is 18.1. The Labute approximate surface area is 154 Å². The number of ether oxygens (including phenoxy) is 1. The summed E-state index contributed by atoms with van der Waals surface area (Å²) in [5, 5.41) is 3.62. The average molecular weight is 351 g/mol. The minimum Gasteiger partial charge on any atom is -0.444 e. The summed E-state index contributed by atoms with van der Waals surface area (Å²) in [7, 11) is 1.82. The number of nitrogens with zero attached hydrogens (tertiary/aromatic N) is 1. The van der Waals surface area contributed by atoms with Crippen LogP contribution >= 0.6 is 0 Å². The topological polar surface area (TPSA) is 41.6 Å². The van der Waals surface area contributed by atoms with Crippen molar-refractivity contribution in [2.45, 2.75) is 77.7 Å². The van der Waals surface area contributed by atoms with E-state index in [1.165, 1.54) is 44.9 Å². The van der Waals surface area contributed by atoms with Crippen molar-refractivity contribution >= 4 is 6.09 Å². The van der Waals surface area contributed by atoms with Crippen LogP contribution in [-0.2, 0) is 4.74 Å². The normalized spacial score (nSPS) is 33.5. The summed E-state index contributed by atoms with van der Waals surface area (Å²) >= 11 is 0. The molecule has 4 aliphatic rings. The first-order valence-corrected chi connectivity index (χ1v) is 10.4. The third kappa shape index (κ3) is 5.12. The van der Waals surface area contributed by atoms with E-state index in [1.807, 2.05) is 27.8 Å². The number of nitrogens with one attached hydrogen (secondary N) is 1. The van der Waals surface area contributed by atoms with Crippen molar-refractivity contribution in [3.63, 3.8) is 0 Å². The van der Waals surface area contributed by atoms with Crippen LogP contribution < -0.4 is 5.32 Å². The number of carbonyl (C=O) groups is 1. The molecule has 0 atom stereocenters. The predicted octanol–water partition coefficient (Wildman–Crippen LogP) is 4.44. The minimum absolute atomic E-state index is 0.221. The van der Waals surface area contributed by atoms with Crippen molar-refractivity contribution in [1.82, 2.24) is 10.2 Å². The standard InChI is InChI=1S/C21H38N2O2/c1-20(2,3)25-19(24)23(4)9-5-7-22-8-6-21-13-16-10-17(14-21)12-18(11-16)15-21/h16-18,22H,5-15H2,1-4H3. The molecule has 0 aliphatic heterocycles. The number of hydrogen-bond acceptors (Lipinski definition) is 3. The maximum atomic E-state index is 11.9. The van der Waals surface area contributed by atoms with E-state index in [4.69, 9.17) is 4.74 Å². The monoisotopic (exact) mass is 350 g/mol. The van der Waals surface area contributed by atoms with Crippen molar-refractivity contribution in [2.24, 2.45) is 23.2 Å². The summed E-state index contributed by atoms with van der Waals surface area (Å²) < 4.78 is 5.38. The van der Waals surface area contributed by atoms with Crippen molar-refractivity contribution in [1.29, 1.82) is 0 Å². The first-order chi connectivity index (χ1) is 11.7. The summed E-state index contributed by atoms with van der Waals surface area (Å²) in [6.07, 6.45) is 11.2. The van der Waals surface area contributed by atoms with E-state index in [9.17, 15) is 4.79 Å². The molecule has 4 nitrogen and oxygen atoms in total. The summed E-state index contributed by atoms with van der Waals surface area (Å²) in [5.74, 6) is 3.15. The quantitative estimate of drug-likeness (QED) is 0.690. The second-order valence-electron chi connectivity index (χ2n) is 10.2. The lowest BCUT2D eigenvalue weighted by Crippen LogP contribution is -2.47. The fourth-order valence-electron chi connectivity index (χ4n) is 5.95. The number of carbonyl (C=O) groups excluding carboxylic acids is 1. The van der Waals surface area contributed by atoms with Gasteiger partial charge in [0.05, 0.1) is 0 Å². The molecule has 4 bridgehead atoms. The van der Waals surface area contributed by atoms with Gasteiger partial charge >= 0.3 is 6.09 Å². The smallest absolute Gasteiger partial charge is 0.410 e. The van der Waals surface area contributed by atoms with Gasteiger partial charge in [-0.1, -0.05) is 0 Å². The van der Waals surface area contributed by atoms with Crippen LogP contribution in [0.5, 0.6) is 0 Å². The van der Waals surface area contributed by atoms with Gasteiger partial charge in [0, 0.05) is 13.6 Å². The first-order valence-electron chi connectivity index (χ1n) is 10.4. The van der Waals surface area contributed by atoms with Crippen LogP contribution in [-0.4, -0.2) is 43.3 Å². The van der Waals surface area contributed by atoms with Crippen molar-refractivity contribution in [3.8, 4) is 0 Å². The fraction of sp³-hybridized carbons (Fsp3) is 0.952. The largest absolute Gasteiger partial charge is 0.444 e. The lowest BCUT2D eigenvalue weighted by atomic mass is 9.49. The molecule has 4 aliphatic carbocycles. The van der Waals surface area contributed by atoms with Crippen molar-refractivity contribution < 1.29 is 9.53 Å². The van der Waals surface area contributed by atoms with Crippen LogP contribution in [0.1, 0.15) is 72.1 Å². The van der Waals surface area contributed by atoms with E-state index in [1.54, 1.807) is 4.90 Å². The molecule has 1 amide bonds. The molecule has 0 aromatic carbocycles. The van der Waals surface area contributed by atoms with Gasteiger partial charge in [-0.2, -0.15) is 0 Å². The Hall–Kier alpha value is -0.770. The molecule has 0 aromatic heterocycles. The molecule has 25 heavy (non-hydrogen) atoms. The maximum absolute atomic E-state index is 11.9. The average Bonchev–Trinajstić information content (AvgIpc) is 2.47. The molecule has 4 fully saturated rings. The third-order valence-corrected chi connectivity index (χ3v) is 6.55. The molecule has 1 N–H and O–H groups in total. The lowest BCUT2D eigenvalue weighted by Gasteiger charge is -2.57. The molecule has 4 rings (SSSR count). The van der Waals surface area contributed by atoms with Gasteiger partial charge in [-0.25, -0.2) is 4.79 Å². The Morgan fingerprint density at radius 2 is 1.64 bits per heavy atom. The Morgan fingerprint density at radius 3 is 2.16 bits per heavy atom. The van der Waals surface area contributed by atoms with Crippen LogP contribution in [0, 0.1) is 23.2 Å². The molecular weight excluding hydrogens is 312 g/mol. The van der Waals surface area contributed by atoms with E-state index in [0.717, 1.165) is 43.8 Å². The fourth-order valence-corrected chi connectivity index (χ4v) is 5.95. The van der Waals surface area contributed by atoms with Crippen molar-refractivity contribution in [3.05, 3.63) is 0 Å². The highest BCUT2D eigenvalue weighted by molar-refractivity contribution is 5.67. The first kappa shape index (κ1) is 19.0. The SMILES string of the molecule is CN(CCCNCCC12CC3CC(CC(C3)C1)C2)C(=O)OC(C)(C)C. The summed E-state index contributed by atoms with van der Waals surface area (Å²) in [5.41, 5.74) is 0.260. The van der Waals surface area contributed by atoms with Gasteiger partial charge in [0.15, 0.2) is 0 Å². The second kappa shape index (κ2) is 7.46. The zero-order valence-electron chi connectivity index (χ0n) is 16.8. The molecule has 0 aromatic rings. The van der Waals surface area contributed by atoms with E-state index >= 15 is 0 Å². The van der Waals surface area contributed by atoms with Gasteiger partial charge in [0.25, 0.3) is 0 Å². The molecule has 144 valence electrons. The van der Waals surface area contributed by atoms with Gasteiger partial charge < -0.3 is 15.0 Å². The molecule has 4 heteroatoms. The summed E-state index contributed by atoms with van der Waals surface area (Å²) in [6, 6.07) is 0. The zero-order valence-corrected chi connectivity index (χ0v) is 16.8. The summed E-state index contributed by atoms with van der Waals surface area (Å²) in [6.45, 7) is 8.60. The minimum atomic E-state index is -0.415. The molecule has 0 unspecified atom stereocenters. The molecule has 0 radical (unpaired) electrons. The highest BCUT2D eigenvalue weighted by atomic mass is 16.6. The van der Waals surface area contributed by atoms with Crippen LogP contribution in [0.15, 0.2) is 0 Å². The third-order valence-electron chi connectivity index (χ3n) is 6.55. The van der Waals surface area contributed by atoms with Gasteiger partial charge in [-0.15, -0.1) is 0 Å². The predicted molar refractivity (Wildman–Crippen MR) is 102 cm³/mol. The highest BCUT2D eigenvalue weighted by Gasteiger charge is 2.50. The van der Waals surface area contributed by atoms with Gasteiger partial charge in [-0.05, 0) is 108 Å². The Bertz CT molecular complexity index is 434. The Kier molecular flexibility index (Phi) is 5.67. The lowest BCUT2D eigenvalue weighted by molar-refractivity contribution is -0.0567. The van der Waals surface area contributed by atoms with Crippen LogP contribution in [0.4, 0.5) is 4.79 Å². The number of amides is 1.